The van der Waals surface area contributed by atoms with Gasteiger partial charge in [0.2, 0.25) is 0 Å². The Balaban J connectivity index is 1.95. The molecule has 0 spiro atoms. The maximum absolute atomic E-state index is 6.30. The van der Waals surface area contributed by atoms with Crippen molar-refractivity contribution in [3.63, 3.8) is 0 Å². The van der Waals surface area contributed by atoms with Gasteiger partial charge in [0.25, 0.3) is 0 Å². The molecule has 0 aromatic heterocycles. The van der Waals surface area contributed by atoms with E-state index in [-0.39, 0.29) is 0 Å². The number of hydrogen-bond acceptors (Lipinski definition) is 2. The van der Waals surface area contributed by atoms with Gasteiger partial charge in [0, 0.05) is 11.7 Å². The quantitative estimate of drug-likeness (QED) is 0.684. The van der Waals surface area contributed by atoms with Crippen LogP contribution in [0.5, 0.6) is 5.75 Å². The van der Waals surface area contributed by atoms with E-state index in [4.69, 9.17) is 16.3 Å². The summed E-state index contributed by atoms with van der Waals surface area (Å²) < 4.78 is 5.62. The van der Waals surface area contributed by atoms with Crippen LogP contribution in [0.3, 0.4) is 0 Å². The van der Waals surface area contributed by atoms with Crippen LogP contribution in [-0.2, 0) is 0 Å². The molecule has 1 aliphatic carbocycles. The molecule has 1 aromatic carbocycles. The van der Waals surface area contributed by atoms with Crippen LogP contribution in [0, 0.1) is 5.41 Å². The number of nitrogens with one attached hydrogen (secondary N) is 1. The maximum atomic E-state index is 6.30. The summed E-state index contributed by atoms with van der Waals surface area (Å²) in [7, 11) is 0. The fourth-order valence-electron chi connectivity index (χ4n) is 2.96. The first-order chi connectivity index (χ1) is 10.00. The number of ether oxygens (including phenoxy) is 1. The van der Waals surface area contributed by atoms with Crippen LogP contribution in [0.1, 0.15) is 59.3 Å². The van der Waals surface area contributed by atoms with E-state index in [9.17, 15) is 0 Å². The lowest BCUT2D eigenvalue weighted by molar-refractivity contribution is 0.313. The fraction of sp³-hybridized carbons (Fsp3) is 0.667. The third-order valence-corrected chi connectivity index (χ3v) is 4.64. The maximum Gasteiger partial charge on any atom is 0.138 e. The Hall–Kier alpha value is -0.890. The van der Waals surface area contributed by atoms with Gasteiger partial charge in [0.15, 0.2) is 0 Å². The molecule has 1 aliphatic rings. The molecule has 0 heterocycles. The van der Waals surface area contributed by atoms with Gasteiger partial charge in [-0.15, -0.1) is 0 Å². The average Bonchev–Trinajstić information content (AvgIpc) is 2.59. The van der Waals surface area contributed by atoms with Crippen LogP contribution in [0.25, 0.3) is 0 Å². The number of halogens is 1. The summed E-state index contributed by atoms with van der Waals surface area (Å²) in [6.45, 7) is 7.57. The Bertz CT molecular complexity index is 459. The molecule has 1 aromatic rings. The van der Waals surface area contributed by atoms with Crippen molar-refractivity contribution in [1.29, 1.82) is 0 Å². The van der Waals surface area contributed by atoms with E-state index in [1.807, 2.05) is 12.1 Å². The number of hydrogen-bond donors (Lipinski definition) is 1. The van der Waals surface area contributed by atoms with Crippen molar-refractivity contribution >= 4 is 17.3 Å². The van der Waals surface area contributed by atoms with Gasteiger partial charge >= 0.3 is 0 Å². The molecule has 1 N–H and O–H groups in total. The van der Waals surface area contributed by atoms with E-state index in [0.717, 1.165) is 17.9 Å². The van der Waals surface area contributed by atoms with Crippen LogP contribution in [-0.4, -0.2) is 12.6 Å². The molecule has 2 nitrogen and oxygen atoms in total. The topological polar surface area (TPSA) is 21.3 Å². The van der Waals surface area contributed by atoms with Gasteiger partial charge in [0.1, 0.15) is 5.75 Å². The third kappa shape index (κ3) is 5.10. The third-order valence-electron chi connectivity index (χ3n) is 4.34. The van der Waals surface area contributed by atoms with Crippen molar-refractivity contribution in [2.75, 3.05) is 11.9 Å². The summed E-state index contributed by atoms with van der Waals surface area (Å²) in [6.07, 6.45) is 7.39. The molecule has 1 unspecified atom stereocenters. The van der Waals surface area contributed by atoms with E-state index in [2.05, 4.69) is 32.2 Å². The number of anilines is 1. The predicted molar refractivity (Wildman–Crippen MR) is 91.5 cm³/mol. The first kappa shape index (κ1) is 16.5. The van der Waals surface area contributed by atoms with Crippen LogP contribution in [0.4, 0.5) is 5.69 Å². The highest BCUT2D eigenvalue weighted by atomic mass is 35.5. The Morgan fingerprint density at radius 3 is 2.81 bits per heavy atom. The fourth-order valence-corrected chi connectivity index (χ4v) is 3.20. The standard InChI is InChI=1S/C18H28ClNO/c1-4-12-21-17-8-7-15(13-16(17)19)20-14-6-5-10-18(2,3)11-9-14/h7-8,13-14,20H,4-6,9-12H2,1-3H3. The Morgan fingerprint density at radius 1 is 1.29 bits per heavy atom. The van der Waals surface area contributed by atoms with Gasteiger partial charge < -0.3 is 10.1 Å². The van der Waals surface area contributed by atoms with Crippen molar-refractivity contribution in [3.8, 4) is 5.75 Å². The van der Waals surface area contributed by atoms with Gasteiger partial charge in [-0.25, -0.2) is 0 Å². The lowest BCUT2D eigenvalue weighted by Gasteiger charge is -2.22. The van der Waals surface area contributed by atoms with Crippen molar-refractivity contribution in [2.24, 2.45) is 5.41 Å². The van der Waals surface area contributed by atoms with Gasteiger partial charge in [-0.1, -0.05) is 38.8 Å². The molecule has 21 heavy (non-hydrogen) atoms. The van der Waals surface area contributed by atoms with Gasteiger partial charge in [-0.3, -0.25) is 0 Å². The molecule has 3 heteroatoms. The monoisotopic (exact) mass is 309 g/mol. The van der Waals surface area contributed by atoms with E-state index < -0.39 is 0 Å². The molecule has 118 valence electrons. The van der Waals surface area contributed by atoms with Gasteiger partial charge in [-0.2, -0.15) is 0 Å². The van der Waals surface area contributed by atoms with Crippen LogP contribution in [0.2, 0.25) is 5.02 Å². The second-order valence-corrected chi connectivity index (χ2v) is 7.34. The van der Waals surface area contributed by atoms with Crippen LogP contribution >= 0.6 is 11.6 Å². The molecule has 0 amide bonds. The second-order valence-electron chi connectivity index (χ2n) is 6.93. The molecule has 1 atom stereocenters. The molecule has 0 aliphatic heterocycles. The summed E-state index contributed by atoms with van der Waals surface area (Å²) in [5.41, 5.74) is 1.60. The lowest BCUT2D eigenvalue weighted by Crippen LogP contribution is -2.19. The molecule has 1 fully saturated rings. The van der Waals surface area contributed by atoms with Crippen LogP contribution in [0.15, 0.2) is 18.2 Å². The van der Waals surface area contributed by atoms with Crippen molar-refractivity contribution in [3.05, 3.63) is 23.2 Å². The van der Waals surface area contributed by atoms with Crippen LogP contribution < -0.4 is 10.1 Å². The SMILES string of the molecule is CCCOc1ccc(NC2CCCC(C)(C)CC2)cc1Cl. The summed E-state index contributed by atoms with van der Waals surface area (Å²) in [4.78, 5) is 0. The van der Waals surface area contributed by atoms with Crippen molar-refractivity contribution in [2.45, 2.75) is 65.3 Å². The first-order valence-corrected chi connectivity index (χ1v) is 8.57. The second kappa shape index (κ2) is 7.40. The summed E-state index contributed by atoms with van der Waals surface area (Å²) in [5, 5.41) is 4.34. The first-order valence-electron chi connectivity index (χ1n) is 8.19. The highest BCUT2D eigenvalue weighted by Crippen LogP contribution is 2.35. The normalized spacial score (nSPS) is 21.6. The molecule has 2 rings (SSSR count). The largest absolute Gasteiger partial charge is 0.492 e. The number of benzene rings is 1. The molecule has 0 radical (unpaired) electrons. The minimum absolute atomic E-state index is 0.492. The van der Waals surface area contributed by atoms with E-state index in [1.165, 1.54) is 32.1 Å². The Morgan fingerprint density at radius 2 is 2.10 bits per heavy atom. The van der Waals surface area contributed by atoms with Gasteiger partial charge in [-0.05, 0) is 55.7 Å². The zero-order valence-electron chi connectivity index (χ0n) is 13.5. The summed E-state index contributed by atoms with van der Waals surface area (Å²) in [6, 6.07) is 6.60. The zero-order valence-corrected chi connectivity index (χ0v) is 14.3. The highest BCUT2D eigenvalue weighted by molar-refractivity contribution is 6.32. The Kier molecular flexibility index (Phi) is 5.80. The predicted octanol–water partition coefficient (Wildman–Crippen LogP) is 5.90. The van der Waals surface area contributed by atoms with Crippen molar-refractivity contribution < 1.29 is 4.74 Å². The van der Waals surface area contributed by atoms with E-state index >= 15 is 0 Å². The van der Waals surface area contributed by atoms with Gasteiger partial charge in [0.05, 0.1) is 11.6 Å². The van der Waals surface area contributed by atoms with E-state index in [1.54, 1.807) is 0 Å². The zero-order chi connectivity index (χ0) is 15.3. The molecular weight excluding hydrogens is 282 g/mol. The highest BCUT2D eigenvalue weighted by Gasteiger charge is 2.24. The minimum atomic E-state index is 0.492. The molecule has 1 saturated carbocycles. The summed E-state index contributed by atoms with van der Waals surface area (Å²) >= 11 is 6.30. The molecule has 0 bridgehead atoms. The minimum Gasteiger partial charge on any atom is -0.492 e. The molecule has 0 saturated heterocycles. The molecular formula is C18H28ClNO. The lowest BCUT2D eigenvalue weighted by atomic mass is 9.85. The van der Waals surface area contributed by atoms with E-state index in [0.29, 0.717) is 23.1 Å². The average molecular weight is 310 g/mol. The summed E-state index contributed by atoms with van der Waals surface area (Å²) in [5.74, 6) is 0.783. The smallest absolute Gasteiger partial charge is 0.138 e. The number of rotatable bonds is 5. The Labute approximate surface area is 134 Å². The van der Waals surface area contributed by atoms with Crippen molar-refractivity contribution in [1.82, 2.24) is 0 Å².